The zero-order chi connectivity index (χ0) is 14.4. The van der Waals surface area contributed by atoms with Gasteiger partial charge in [-0.3, -0.25) is 0 Å². The molecule has 2 rings (SSSR count). The largest absolute Gasteiger partial charge is 0.479 e. The predicted molar refractivity (Wildman–Crippen MR) is 70.5 cm³/mol. The van der Waals surface area contributed by atoms with Gasteiger partial charge in [0.25, 0.3) is 0 Å². The van der Waals surface area contributed by atoms with Crippen molar-refractivity contribution in [3.05, 3.63) is 47.9 Å². The minimum atomic E-state index is -1.09. The fourth-order valence-electron chi connectivity index (χ4n) is 1.56. The molecule has 102 valence electrons. The topological polar surface area (TPSA) is 95.5 Å². The zero-order valence-corrected chi connectivity index (χ0v) is 10.5. The molecule has 0 unspecified atom stereocenters. The summed E-state index contributed by atoms with van der Waals surface area (Å²) in [5, 5.41) is 20.2. The maximum absolute atomic E-state index is 10.7. The highest BCUT2D eigenvalue weighted by Gasteiger charge is 2.08. The molecule has 2 aromatic rings. The SMILES string of the molecule is N#CCOc1ccc(NCc2ccc(C(=O)O)o2)cc1. The van der Waals surface area contributed by atoms with E-state index in [0.29, 0.717) is 18.1 Å². The lowest BCUT2D eigenvalue weighted by Gasteiger charge is -2.06. The lowest BCUT2D eigenvalue weighted by atomic mass is 10.3. The van der Waals surface area contributed by atoms with Crippen LogP contribution in [0.1, 0.15) is 16.3 Å². The predicted octanol–water partition coefficient (Wildman–Crippen LogP) is 2.49. The molecule has 6 heteroatoms. The molecule has 2 N–H and O–H groups in total. The first-order valence-corrected chi connectivity index (χ1v) is 5.85. The average molecular weight is 272 g/mol. The van der Waals surface area contributed by atoms with Crippen molar-refractivity contribution in [1.82, 2.24) is 0 Å². The number of nitrogens with zero attached hydrogens (tertiary/aromatic N) is 1. The van der Waals surface area contributed by atoms with Crippen molar-refractivity contribution in [2.24, 2.45) is 0 Å². The van der Waals surface area contributed by atoms with Crippen molar-refractivity contribution in [3.8, 4) is 11.8 Å². The first-order chi connectivity index (χ1) is 9.69. The highest BCUT2D eigenvalue weighted by Crippen LogP contribution is 2.17. The normalized spacial score (nSPS) is 9.75. The van der Waals surface area contributed by atoms with E-state index in [9.17, 15) is 4.79 Å². The van der Waals surface area contributed by atoms with E-state index < -0.39 is 5.97 Å². The van der Waals surface area contributed by atoms with Crippen molar-refractivity contribution in [1.29, 1.82) is 5.26 Å². The Kier molecular flexibility index (Phi) is 4.24. The van der Waals surface area contributed by atoms with Crippen molar-refractivity contribution in [2.75, 3.05) is 11.9 Å². The van der Waals surface area contributed by atoms with E-state index in [-0.39, 0.29) is 12.4 Å². The molecule has 0 amide bonds. The summed E-state index contributed by atoms with van der Waals surface area (Å²) >= 11 is 0. The number of hydrogen-bond acceptors (Lipinski definition) is 5. The number of carbonyl (C=O) groups is 1. The Hall–Kier alpha value is -2.94. The van der Waals surface area contributed by atoms with Gasteiger partial charge in [-0.2, -0.15) is 5.26 Å². The van der Waals surface area contributed by atoms with Gasteiger partial charge in [-0.1, -0.05) is 0 Å². The Balaban J connectivity index is 1.90. The van der Waals surface area contributed by atoms with E-state index in [4.69, 9.17) is 19.5 Å². The fourth-order valence-corrected chi connectivity index (χ4v) is 1.56. The van der Waals surface area contributed by atoms with Crippen LogP contribution < -0.4 is 10.1 Å². The van der Waals surface area contributed by atoms with Crippen molar-refractivity contribution >= 4 is 11.7 Å². The maximum atomic E-state index is 10.7. The third-order valence-electron chi connectivity index (χ3n) is 2.50. The van der Waals surface area contributed by atoms with Crippen LogP contribution in [0.3, 0.4) is 0 Å². The van der Waals surface area contributed by atoms with Gasteiger partial charge in [0.15, 0.2) is 6.61 Å². The van der Waals surface area contributed by atoms with E-state index in [0.717, 1.165) is 5.69 Å². The molecule has 0 saturated heterocycles. The smallest absolute Gasteiger partial charge is 0.371 e. The molecule has 6 nitrogen and oxygen atoms in total. The Morgan fingerprint density at radius 1 is 1.30 bits per heavy atom. The van der Waals surface area contributed by atoms with E-state index >= 15 is 0 Å². The third kappa shape index (κ3) is 3.53. The number of furan rings is 1. The van der Waals surface area contributed by atoms with Crippen LogP contribution in [0.2, 0.25) is 0 Å². The molecular weight excluding hydrogens is 260 g/mol. The molecule has 0 fully saturated rings. The number of nitrogens with one attached hydrogen (secondary N) is 1. The van der Waals surface area contributed by atoms with Crippen LogP contribution in [-0.2, 0) is 6.54 Å². The number of aromatic carboxylic acids is 1. The van der Waals surface area contributed by atoms with E-state index in [1.54, 1.807) is 30.3 Å². The number of ether oxygens (including phenoxy) is 1. The fraction of sp³-hybridized carbons (Fsp3) is 0.143. The molecule has 0 spiro atoms. The number of carboxylic acids is 1. The van der Waals surface area contributed by atoms with Gasteiger partial charge in [-0.15, -0.1) is 0 Å². The van der Waals surface area contributed by atoms with Gasteiger partial charge < -0.3 is 19.6 Å². The van der Waals surface area contributed by atoms with Gasteiger partial charge in [-0.25, -0.2) is 4.79 Å². The minimum absolute atomic E-state index is 0.0110. The Bertz CT molecular complexity index is 625. The summed E-state index contributed by atoms with van der Waals surface area (Å²) in [7, 11) is 0. The molecule has 1 heterocycles. The molecule has 0 bridgehead atoms. The number of hydrogen-bond donors (Lipinski definition) is 2. The first kappa shape index (κ1) is 13.5. The van der Waals surface area contributed by atoms with Crippen LogP contribution in [0, 0.1) is 11.3 Å². The summed E-state index contributed by atoms with van der Waals surface area (Å²) in [5.74, 6) is -0.0206. The lowest BCUT2D eigenvalue weighted by molar-refractivity contribution is 0.0660. The lowest BCUT2D eigenvalue weighted by Crippen LogP contribution is -1.99. The summed E-state index contributed by atoms with van der Waals surface area (Å²) < 4.78 is 10.3. The number of rotatable bonds is 6. The second kappa shape index (κ2) is 6.29. The second-order valence-electron chi connectivity index (χ2n) is 3.90. The average Bonchev–Trinajstić information content (AvgIpc) is 2.93. The Morgan fingerprint density at radius 3 is 2.65 bits per heavy atom. The summed E-state index contributed by atoms with van der Waals surface area (Å²) in [6, 6.07) is 12.0. The van der Waals surface area contributed by atoms with Gasteiger partial charge in [-0.05, 0) is 36.4 Å². The summed E-state index contributed by atoms with van der Waals surface area (Å²) in [6.07, 6.45) is 0. The van der Waals surface area contributed by atoms with Crippen LogP contribution in [0.5, 0.6) is 5.75 Å². The molecule has 0 atom stereocenters. The molecule has 0 aliphatic carbocycles. The van der Waals surface area contributed by atoms with E-state index in [1.807, 2.05) is 6.07 Å². The van der Waals surface area contributed by atoms with Crippen LogP contribution in [0.4, 0.5) is 5.69 Å². The van der Waals surface area contributed by atoms with E-state index in [2.05, 4.69) is 5.32 Å². The molecule has 20 heavy (non-hydrogen) atoms. The number of benzene rings is 1. The highest BCUT2D eigenvalue weighted by atomic mass is 16.5. The standard InChI is InChI=1S/C14H12N2O4/c15-7-8-19-11-3-1-10(2-4-11)16-9-12-5-6-13(20-12)14(17)18/h1-6,16H,8-9H2,(H,17,18). The van der Waals surface area contributed by atoms with Crippen molar-refractivity contribution < 1.29 is 19.1 Å². The van der Waals surface area contributed by atoms with Gasteiger partial charge in [0.05, 0.1) is 6.54 Å². The first-order valence-electron chi connectivity index (χ1n) is 5.85. The minimum Gasteiger partial charge on any atom is -0.479 e. The third-order valence-corrected chi connectivity index (χ3v) is 2.50. The highest BCUT2D eigenvalue weighted by molar-refractivity contribution is 5.84. The second-order valence-corrected chi connectivity index (χ2v) is 3.90. The number of anilines is 1. The molecule has 0 saturated carbocycles. The number of carboxylic acid groups (broad SMARTS) is 1. The summed E-state index contributed by atoms with van der Waals surface area (Å²) in [4.78, 5) is 10.7. The van der Waals surface area contributed by atoms with Gasteiger partial charge >= 0.3 is 5.97 Å². The van der Waals surface area contributed by atoms with Gasteiger partial charge in [0, 0.05) is 5.69 Å². The molecule has 0 radical (unpaired) electrons. The van der Waals surface area contributed by atoms with Gasteiger partial charge in [0.2, 0.25) is 5.76 Å². The van der Waals surface area contributed by atoms with Gasteiger partial charge in [0.1, 0.15) is 17.6 Å². The summed E-state index contributed by atoms with van der Waals surface area (Å²) in [5.41, 5.74) is 0.836. The number of nitriles is 1. The van der Waals surface area contributed by atoms with Crippen molar-refractivity contribution in [2.45, 2.75) is 6.54 Å². The molecular formula is C14H12N2O4. The zero-order valence-electron chi connectivity index (χ0n) is 10.5. The monoisotopic (exact) mass is 272 g/mol. The Labute approximate surface area is 115 Å². The maximum Gasteiger partial charge on any atom is 0.371 e. The Morgan fingerprint density at radius 2 is 2.05 bits per heavy atom. The van der Waals surface area contributed by atoms with Crippen LogP contribution in [0.15, 0.2) is 40.8 Å². The van der Waals surface area contributed by atoms with E-state index in [1.165, 1.54) is 6.07 Å². The molecule has 0 aliphatic rings. The molecule has 1 aromatic heterocycles. The van der Waals surface area contributed by atoms with Crippen molar-refractivity contribution in [3.63, 3.8) is 0 Å². The molecule has 1 aromatic carbocycles. The van der Waals surface area contributed by atoms with Crippen LogP contribution in [0.25, 0.3) is 0 Å². The van der Waals surface area contributed by atoms with Crippen LogP contribution in [-0.4, -0.2) is 17.7 Å². The van der Waals surface area contributed by atoms with Crippen LogP contribution >= 0.6 is 0 Å². The molecule has 0 aliphatic heterocycles. The quantitative estimate of drug-likeness (QED) is 0.838. The summed E-state index contributed by atoms with van der Waals surface area (Å²) in [6.45, 7) is 0.392.